The number of fused-ring (bicyclic) bond motifs is 1. The van der Waals surface area contributed by atoms with Crippen LogP contribution in [-0.4, -0.2) is 14.3 Å². The molecule has 0 bridgehead atoms. The van der Waals surface area contributed by atoms with Crippen molar-refractivity contribution in [3.8, 4) is 5.69 Å². The number of H-pyrrole nitrogens is 1. The average molecular weight is 393 g/mol. The molecule has 0 amide bonds. The third-order valence-corrected chi connectivity index (χ3v) is 4.93. The first-order valence-corrected chi connectivity index (χ1v) is 8.91. The lowest BCUT2D eigenvalue weighted by Gasteiger charge is -2.18. The molecule has 3 aromatic rings. The van der Waals surface area contributed by atoms with Crippen molar-refractivity contribution in [2.45, 2.75) is 53.8 Å². The summed E-state index contributed by atoms with van der Waals surface area (Å²) in [5.41, 5.74) is -0.482. The molecule has 1 aromatic carbocycles. The number of halogens is 3. The second-order valence-electron chi connectivity index (χ2n) is 7.49. The minimum Gasteiger partial charge on any atom is -0.279 e. The maximum Gasteiger partial charge on any atom is 0.417 e. The minimum atomic E-state index is -4.83. The lowest BCUT2D eigenvalue weighted by Crippen LogP contribution is -2.28. The van der Waals surface area contributed by atoms with E-state index in [2.05, 4.69) is 5.10 Å². The van der Waals surface area contributed by atoms with Gasteiger partial charge >= 0.3 is 6.18 Å². The second-order valence-corrected chi connectivity index (χ2v) is 7.49. The van der Waals surface area contributed by atoms with Crippen molar-refractivity contribution in [3.05, 3.63) is 60.7 Å². The topological polar surface area (TPSA) is 59.8 Å². The van der Waals surface area contributed by atoms with Crippen LogP contribution in [0.25, 0.3) is 16.7 Å². The summed E-state index contributed by atoms with van der Waals surface area (Å²) in [6.45, 7) is 9.96. The lowest BCUT2D eigenvalue weighted by atomic mass is 10.0. The van der Waals surface area contributed by atoms with Crippen LogP contribution in [0.4, 0.5) is 13.2 Å². The number of nitrogens with zero attached hydrogens (tertiary/aromatic N) is 2. The van der Waals surface area contributed by atoms with Crippen LogP contribution in [-0.2, 0) is 6.18 Å². The fourth-order valence-corrected chi connectivity index (χ4v) is 3.85. The van der Waals surface area contributed by atoms with Crippen molar-refractivity contribution in [2.75, 3.05) is 0 Å². The Kier molecular flexibility index (Phi) is 4.56. The van der Waals surface area contributed by atoms with Crippen molar-refractivity contribution in [1.82, 2.24) is 14.3 Å². The Balaban J connectivity index is 2.65. The number of nitrogens with one attached hydrogen (secondary N) is 1. The number of aromatic nitrogens is 3. The van der Waals surface area contributed by atoms with E-state index < -0.39 is 39.8 Å². The molecule has 0 spiro atoms. The van der Waals surface area contributed by atoms with Gasteiger partial charge in [0.2, 0.25) is 0 Å². The van der Waals surface area contributed by atoms with E-state index >= 15 is 0 Å². The highest BCUT2D eigenvalue weighted by Gasteiger charge is 2.39. The largest absolute Gasteiger partial charge is 0.417 e. The first-order chi connectivity index (χ1) is 12.9. The molecule has 2 aromatic heterocycles. The zero-order valence-electron chi connectivity index (χ0n) is 16.6. The minimum absolute atomic E-state index is 0.142. The number of rotatable bonds is 2. The number of hydrogen-bond acceptors (Lipinski definition) is 2. The van der Waals surface area contributed by atoms with Gasteiger partial charge in [-0.3, -0.25) is 19.3 Å². The summed E-state index contributed by atoms with van der Waals surface area (Å²) in [6.07, 6.45) is -4.83. The Labute approximate surface area is 159 Å². The standard InChI is InChI=1S/C20H22F3N3O2/c1-9(2)26-19(28)14-15(20(21,22)23)13(6)18(27)25(17(14)24-26)16-11(4)7-10(3)8-12(16)5/h7-9,24H,1-6H3. The second kappa shape index (κ2) is 6.39. The Bertz CT molecular complexity index is 1190. The molecular weight excluding hydrogens is 371 g/mol. The molecule has 0 aliphatic heterocycles. The van der Waals surface area contributed by atoms with E-state index in [1.165, 1.54) is 4.57 Å². The van der Waals surface area contributed by atoms with Crippen LogP contribution in [0.15, 0.2) is 21.7 Å². The lowest BCUT2D eigenvalue weighted by molar-refractivity contribution is -0.136. The molecule has 5 nitrogen and oxygen atoms in total. The van der Waals surface area contributed by atoms with Gasteiger partial charge in [0.05, 0.1) is 16.6 Å². The van der Waals surface area contributed by atoms with E-state index in [1.54, 1.807) is 27.7 Å². The van der Waals surface area contributed by atoms with Gasteiger partial charge in [0.1, 0.15) is 5.65 Å². The first kappa shape index (κ1) is 20.0. The number of pyridine rings is 1. The zero-order chi connectivity index (χ0) is 21.1. The summed E-state index contributed by atoms with van der Waals surface area (Å²) in [5.74, 6) is 0. The van der Waals surface area contributed by atoms with Crippen LogP contribution >= 0.6 is 0 Å². The molecule has 0 aliphatic carbocycles. The molecule has 0 fully saturated rings. The van der Waals surface area contributed by atoms with Gasteiger partial charge in [-0.1, -0.05) is 17.7 Å². The van der Waals surface area contributed by atoms with E-state index in [0.717, 1.165) is 28.3 Å². The molecular formula is C20H22F3N3O2. The van der Waals surface area contributed by atoms with Crippen molar-refractivity contribution in [1.29, 1.82) is 0 Å². The van der Waals surface area contributed by atoms with Crippen LogP contribution in [0.1, 0.15) is 47.7 Å². The van der Waals surface area contributed by atoms with Crippen molar-refractivity contribution >= 4 is 11.0 Å². The molecule has 2 heterocycles. The number of alkyl halides is 3. The summed E-state index contributed by atoms with van der Waals surface area (Å²) >= 11 is 0. The smallest absolute Gasteiger partial charge is 0.279 e. The SMILES string of the molecule is Cc1cc(C)c(-n2c(=O)c(C)c(C(F)(F)F)c3c(=O)n(C(C)C)[nH]c32)c(C)c1. The third kappa shape index (κ3) is 2.87. The van der Waals surface area contributed by atoms with Crippen LogP contribution < -0.4 is 11.1 Å². The molecule has 0 unspecified atom stereocenters. The molecule has 0 aliphatic rings. The number of hydrogen-bond donors (Lipinski definition) is 1. The van der Waals surface area contributed by atoms with Gasteiger partial charge in [-0.05, 0) is 52.7 Å². The predicted molar refractivity (Wildman–Crippen MR) is 102 cm³/mol. The van der Waals surface area contributed by atoms with Gasteiger partial charge in [-0.25, -0.2) is 4.68 Å². The van der Waals surface area contributed by atoms with Gasteiger partial charge in [0.25, 0.3) is 11.1 Å². The fourth-order valence-electron chi connectivity index (χ4n) is 3.85. The molecule has 150 valence electrons. The highest BCUT2D eigenvalue weighted by molar-refractivity contribution is 5.82. The molecule has 0 radical (unpaired) electrons. The van der Waals surface area contributed by atoms with Crippen molar-refractivity contribution in [2.24, 2.45) is 0 Å². The maximum absolute atomic E-state index is 13.8. The first-order valence-electron chi connectivity index (χ1n) is 8.91. The summed E-state index contributed by atoms with van der Waals surface area (Å²) in [4.78, 5) is 25.9. The Morgan fingerprint density at radius 3 is 1.96 bits per heavy atom. The average Bonchev–Trinajstić information content (AvgIpc) is 2.86. The monoisotopic (exact) mass is 393 g/mol. The number of aryl methyl sites for hydroxylation is 3. The van der Waals surface area contributed by atoms with Gasteiger partial charge < -0.3 is 0 Å². The van der Waals surface area contributed by atoms with E-state index in [-0.39, 0.29) is 5.65 Å². The molecule has 0 saturated heterocycles. The van der Waals surface area contributed by atoms with E-state index in [0.29, 0.717) is 5.69 Å². The van der Waals surface area contributed by atoms with Crippen molar-refractivity contribution < 1.29 is 13.2 Å². The van der Waals surface area contributed by atoms with E-state index in [1.807, 2.05) is 19.1 Å². The highest BCUT2D eigenvalue weighted by Crippen LogP contribution is 2.35. The Morgan fingerprint density at radius 1 is 0.964 bits per heavy atom. The Hall–Kier alpha value is -2.77. The molecule has 28 heavy (non-hydrogen) atoms. The maximum atomic E-state index is 13.8. The number of aromatic amines is 1. The van der Waals surface area contributed by atoms with Crippen LogP contribution in [0.5, 0.6) is 0 Å². The van der Waals surface area contributed by atoms with Gasteiger partial charge in [0, 0.05) is 11.6 Å². The normalized spacial score (nSPS) is 12.4. The summed E-state index contributed by atoms with van der Waals surface area (Å²) in [7, 11) is 0. The van der Waals surface area contributed by atoms with E-state index in [9.17, 15) is 22.8 Å². The number of benzene rings is 1. The Morgan fingerprint density at radius 2 is 1.50 bits per heavy atom. The van der Waals surface area contributed by atoms with Gasteiger partial charge in [-0.15, -0.1) is 0 Å². The summed E-state index contributed by atoms with van der Waals surface area (Å²) in [5, 5.41) is 2.23. The third-order valence-electron chi connectivity index (χ3n) is 4.93. The van der Waals surface area contributed by atoms with Gasteiger partial charge in [0.15, 0.2) is 0 Å². The summed E-state index contributed by atoms with van der Waals surface area (Å²) in [6, 6.07) is 3.31. The van der Waals surface area contributed by atoms with Gasteiger partial charge in [-0.2, -0.15) is 13.2 Å². The van der Waals surface area contributed by atoms with Crippen LogP contribution in [0.2, 0.25) is 0 Å². The van der Waals surface area contributed by atoms with Crippen molar-refractivity contribution in [3.63, 3.8) is 0 Å². The molecule has 3 rings (SSSR count). The fraction of sp³-hybridized carbons (Fsp3) is 0.400. The molecule has 0 saturated carbocycles. The molecule has 1 N–H and O–H groups in total. The summed E-state index contributed by atoms with van der Waals surface area (Å²) < 4.78 is 43.7. The zero-order valence-corrected chi connectivity index (χ0v) is 16.6. The molecule has 0 atom stereocenters. The van der Waals surface area contributed by atoms with Crippen LogP contribution in [0.3, 0.4) is 0 Å². The van der Waals surface area contributed by atoms with Crippen LogP contribution in [0, 0.1) is 27.7 Å². The quantitative estimate of drug-likeness (QED) is 0.705. The molecule has 8 heteroatoms. The van der Waals surface area contributed by atoms with E-state index in [4.69, 9.17) is 0 Å². The predicted octanol–water partition coefficient (Wildman–Crippen LogP) is 4.31. The highest BCUT2D eigenvalue weighted by atomic mass is 19.4.